The molecule has 2 aromatic carbocycles. The summed E-state index contributed by atoms with van der Waals surface area (Å²) in [6.07, 6.45) is 8.44. The molecule has 1 aliphatic rings. The lowest BCUT2D eigenvalue weighted by molar-refractivity contribution is 0.610. The maximum atomic E-state index is 10.0. The van der Waals surface area contributed by atoms with Gasteiger partial charge in [0.1, 0.15) is 11.8 Å². The van der Waals surface area contributed by atoms with Crippen LogP contribution in [-0.2, 0) is 0 Å². The van der Waals surface area contributed by atoms with Crippen LogP contribution in [0.5, 0.6) is 0 Å². The van der Waals surface area contributed by atoms with E-state index in [9.17, 15) is 10.5 Å². The minimum absolute atomic E-state index is 0.192. The standard InChI is InChI=1S/C32H28ClN9/c1-20-25(9-6-14-36-20)32(29-19-42(41-40-29)24-11-12-24)38-23-15-26-30(22(17-35)18-37-31(26)27(33)16-23)39-28(10-5-13-34)21-7-3-2-4-8-21/h2-4,6-9,14-16,18-19,24,28,32,38H,5,10-12H2,1H3,(H,37,39)/t28-,32+/m1/s1. The molecule has 9 nitrogen and oxygen atoms in total. The van der Waals surface area contributed by atoms with Crippen LogP contribution < -0.4 is 10.6 Å². The molecule has 1 fully saturated rings. The highest BCUT2D eigenvalue weighted by atomic mass is 35.5. The Kier molecular flexibility index (Phi) is 7.68. The topological polar surface area (TPSA) is 128 Å². The van der Waals surface area contributed by atoms with E-state index < -0.39 is 0 Å². The lowest BCUT2D eigenvalue weighted by atomic mass is 10.00. The van der Waals surface area contributed by atoms with Gasteiger partial charge in [0.05, 0.1) is 52.2 Å². The van der Waals surface area contributed by atoms with E-state index in [0.29, 0.717) is 46.1 Å². The van der Waals surface area contributed by atoms with Gasteiger partial charge < -0.3 is 10.6 Å². The molecule has 2 N–H and O–H groups in total. The fraction of sp³-hybridized carbons (Fsp3) is 0.250. The largest absolute Gasteiger partial charge is 0.377 e. The molecule has 3 heterocycles. The number of benzene rings is 2. The molecule has 10 heteroatoms. The first-order chi connectivity index (χ1) is 20.6. The monoisotopic (exact) mass is 573 g/mol. The number of hydrogen-bond acceptors (Lipinski definition) is 8. The van der Waals surface area contributed by atoms with E-state index in [2.05, 4.69) is 43.1 Å². The Morgan fingerprint density at radius 2 is 1.90 bits per heavy atom. The van der Waals surface area contributed by atoms with Gasteiger partial charge in [0.2, 0.25) is 0 Å². The maximum absolute atomic E-state index is 10.0. The van der Waals surface area contributed by atoms with Gasteiger partial charge in [0, 0.05) is 41.1 Å². The van der Waals surface area contributed by atoms with Crippen molar-refractivity contribution in [2.24, 2.45) is 0 Å². The summed E-state index contributed by atoms with van der Waals surface area (Å²) < 4.78 is 1.93. The molecule has 5 aromatic rings. The van der Waals surface area contributed by atoms with Crippen LogP contribution in [0.1, 0.15) is 71.9 Å². The second-order valence-electron chi connectivity index (χ2n) is 10.4. The molecular formula is C32H28ClN9. The predicted octanol–water partition coefficient (Wildman–Crippen LogP) is 7.05. The van der Waals surface area contributed by atoms with Gasteiger partial charge in [-0.2, -0.15) is 10.5 Å². The Morgan fingerprint density at radius 3 is 2.64 bits per heavy atom. The van der Waals surface area contributed by atoms with Gasteiger partial charge in [-0.05, 0) is 49.9 Å². The van der Waals surface area contributed by atoms with E-state index >= 15 is 0 Å². The van der Waals surface area contributed by atoms with Gasteiger partial charge in [0.25, 0.3) is 0 Å². The van der Waals surface area contributed by atoms with Crippen molar-refractivity contribution in [1.29, 1.82) is 10.5 Å². The van der Waals surface area contributed by atoms with E-state index in [0.717, 1.165) is 41.0 Å². The summed E-state index contributed by atoms with van der Waals surface area (Å²) in [5, 5.41) is 36.6. The van der Waals surface area contributed by atoms with Gasteiger partial charge in [0.15, 0.2) is 0 Å². The zero-order valence-electron chi connectivity index (χ0n) is 23.0. The van der Waals surface area contributed by atoms with E-state index in [1.165, 1.54) is 6.20 Å². The molecule has 0 unspecified atom stereocenters. The third-order valence-corrected chi connectivity index (χ3v) is 7.81. The second-order valence-corrected chi connectivity index (χ2v) is 10.8. The fourth-order valence-corrected chi connectivity index (χ4v) is 5.46. The molecular weight excluding hydrogens is 546 g/mol. The summed E-state index contributed by atoms with van der Waals surface area (Å²) in [5.74, 6) is 0. The number of nitrogens with zero attached hydrogens (tertiary/aromatic N) is 7. The molecule has 1 aliphatic carbocycles. The lowest BCUT2D eigenvalue weighted by Crippen LogP contribution is -2.15. The van der Waals surface area contributed by atoms with Crippen molar-refractivity contribution < 1.29 is 0 Å². The molecule has 0 radical (unpaired) electrons. The zero-order valence-corrected chi connectivity index (χ0v) is 23.8. The van der Waals surface area contributed by atoms with Gasteiger partial charge in [-0.3, -0.25) is 9.97 Å². The van der Waals surface area contributed by atoms with Crippen LogP contribution in [0.2, 0.25) is 5.02 Å². The molecule has 208 valence electrons. The van der Waals surface area contributed by atoms with Crippen LogP contribution in [-0.4, -0.2) is 25.0 Å². The smallest absolute Gasteiger partial charge is 0.110 e. The molecule has 2 atom stereocenters. The third kappa shape index (κ3) is 5.60. The van der Waals surface area contributed by atoms with Crippen molar-refractivity contribution in [3.05, 3.63) is 106 Å². The number of rotatable bonds is 10. The van der Waals surface area contributed by atoms with Crippen molar-refractivity contribution in [2.75, 3.05) is 10.6 Å². The molecule has 0 saturated heterocycles. The quantitative estimate of drug-likeness (QED) is 0.182. The summed E-state index contributed by atoms with van der Waals surface area (Å²) >= 11 is 6.83. The van der Waals surface area contributed by atoms with Crippen molar-refractivity contribution in [1.82, 2.24) is 25.0 Å². The zero-order chi connectivity index (χ0) is 29.1. The number of aryl methyl sites for hydroxylation is 1. The van der Waals surface area contributed by atoms with Crippen molar-refractivity contribution >= 4 is 33.9 Å². The van der Waals surface area contributed by atoms with Gasteiger partial charge in [-0.1, -0.05) is 53.2 Å². The third-order valence-electron chi connectivity index (χ3n) is 7.53. The Balaban J connectivity index is 1.43. The Hall–Kier alpha value is -4.99. The number of aromatic nitrogens is 5. The number of halogens is 1. The molecule has 42 heavy (non-hydrogen) atoms. The minimum atomic E-state index is -0.337. The fourth-order valence-electron chi connectivity index (χ4n) is 5.19. The van der Waals surface area contributed by atoms with E-state index in [4.69, 9.17) is 11.6 Å². The molecule has 6 rings (SSSR count). The summed E-state index contributed by atoms with van der Waals surface area (Å²) in [4.78, 5) is 9.04. The van der Waals surface area contributed by atoms with Crippen LogP contribution in [0.15, 0.2) is 73.2 Å². The average Bonchev–Trinajstić information content (AvgIpc) is 3.75. The van der Waals surface area contributed by atoms with E-state index in [1.54, 1.807) is 6.20 Å². The average molecular weight is 574 g/mol. The number of nitriles is 2. The number of fused-ring (bicyclic) bond motifs is 1. The van der Waals surface area contributed by atoms with Crippen molar-refractivity contribution in [2.45, 2.75) is 50.7 Å². The van der Waals surface area contributed by atoms with Crippen LogP contribution in [0.3, 0.4) is 0 Å². The first-order valence-corrected chi connectivity index (χ1v) is 14.2. The summed E-state index contributed by atoms with van der Waals surface area (Å²) in [6.45, 7) is 1.97. The Morgan fingerprint density at radius 1 is 1.07 bits per heavy atom. The van der Waals surface area contributed by atoms with Crippen LogP contribution in [0.4, 0.5) is 11.4 Å². The highest BCUT2D eigenvalue weighted by Gasteiger charge is 2.28. The normalized spacial score (nSPS) is 14.1. The van der Waals surface area contributed by atoms with Gasteiger partial charge in [-0.25, -0.2) is 4.68 Å². The van der Waals surface area contributed by atoms with Crippen molar-refractivity contribution in [3.63, 3.8) is 0 Å². The van der Waals surface area contributed by atoms with Crippen LogP contribution >= 0.6 is 11.6 Å². The van der Waals surface area contributed by atoms with Crippen molar-refractivity contribution in [3.8, 4) is 12.1 Å². The Bertz CT molecular complexity index is 1820. The van der Waals surface area contributed by atoms with Gasteiger partial charge >= 0.3 is 0 Å². The molecule has 0 amide bonds. The molecule has 0 bridgehead atoms. The Labute approximate surface area is 248 Å². The molecule has 0 aliphatic heterocycles. The highest BCUT2D eigenvalue weighted by molar-refractivity contribution is 6.35. The summed E-state index contributed by atoms with van der Waals surface area (Å²) in [5.41, 5.74) is 5.96. The number of anilines is 2. The maximum Gasteiger partial charge on any atom is 0.110 e. The predicted molar refractivity (Wildman–Crippen MR) is 162 cm³/mol. The van der Waals surface area contributed by atoms with Crippen LogP contribution in [0, 0.1) is 29.6 Å². The second kappa shape index (κ2) is 11.9. The summed E-state index contributed by atoms with van der Waals surface area (Å²) in [6, 6.07) is 22.0. The molecule has 3 aromatic heterocycles. The molecule has 1 saturated carbocycles. The molecule has 0 spiro atoms. The van der Waals surface area contributed by atoms with E-state index in [1.807, 2.05) is 72.4 Å². The van der Waals surface area contributed by atoms with Gasteiger partial charge in [-0.15, -0.1) is 5.10 Å². The first-order valence-electron chi connectivity index (χ1n) is 13.9. The lowest BCUT2D eigenvalue weighted by Gasteiger charge is -2.23. The van der Waals surface area contributed by atoms with E-state index in [-0.39, 0.29) is 12.1 Å². The SMILES string of the molecule is Cc1ncccc1[C@H](Nc1cc(Cl)c2ncc(C#N)c(N[C@H](CCC#N)c3ccccc3)c2c1)c1cn(C2CC2)nn1. The first kappa shape index (κ1) is 27.2. The van der Waals surface area contributed by atoms with Crippen LogP contribution in [0.25, 0.3) is 10.9 Å². The number of hydrogen-bond donors (Lipinski definition) is 2. The highest BCUT2D eigenvalue weighted by Crippen LogP contribution is 2.38. The number of pyridine rings is 2. The minimum Gasteiger partial charge on any atom is -0.377 e. The number of nitrogens with one attached hydrogen (secondary N) is 2. The summed E-state index contributed by atoms with van der Waals surface area (Å²) in [7, 11) is 0.